The van der Waals surface area contributed by atoms with Gasteiger partial charge in [-0.1, -0.05) is 46.9 Å². The van der Waals surface area contributed by atoms with Crippen LogP contribution in [0.15, 0.2) is 52.5 Å². The molecule has 0 fully saturated rings. The number of rotatable bonds is 5. The first-order valence-corrected chi connectivity index (χ1v) is 9.06. The SMILES string of the molecule is O=c1cn[nH]c(=S)n1/N=C/c1cccc(OCc2c(Cl)ccc(Cl)c2Cl)c1. The Morgan fingerprint density at radius 3 is 2.78 bits per heavy atom. The van der Waals surface area contributed by atoms with Gasteiger partial charge in [0.25, 0.3) is 5.56 Å². The van der Waals surface area contributed by atoms with Crippen LogP contribution in [0.3, 0.4) is 0 Å². The maximum absolute atomic E-state index is 11.7. The molecule has 27 heavy (non-hydrogen) atoms. The zero-order valence-corrected chi connectivity index (χ0v) is 16.6. The van der Waals surface area contributed by atoms with Crippen molar-refractivity contribution in [1.29, 1.82) is 0 Å². The van der Waals surface area contributed by atoms with E-state index in [1.54, 1.807) is 36.4 Å². The van der Waals surface area contributed by atoms with Crippen LogP contribution in [0.25, 0.3) is 0 Å². The van der Waals surface area contributed by atoms with Crippen molar-refractivity contribution in [3.8, 4) is 5.75 Å². The first-order valence-electron chi connectivity index (χ1n) is 7.52. The standard InChI is InChI=1S/C17H11Cl3N4O2S/c18-13-4-5-14(19)16(20)12(13)9-26-11-3-1-2-10(6-11)7-22-24-15(25)8-21-23-17(24)27/h1-8H,9H2,(H,23,27)/b22-7+. The van der Waals surface area contributed by atoms with Crippen molar-refractivity contribution in [1.82, 2.24) is 14.9 Å². The summed E-state index contributed by atoms with van der Waals surface area (Å²) in [5.41, 5.74) is 0.862. The van der Waals surface area contributed by atoms with Crippen LogP contribution in [0.5, 0.6) is 5.75 Å². The molecule has 0 saturated carbocycles. The van der Waals surface area contributed by atoms with E-state index in [1.165, 1.54) is 6.21 Å². The van der Waals surface area contributed by atoms with Crippen LogP contribution in [0, 0.1) is 4.77 Å². The molecule has 1 aromatic heterocycles. The summed E-state index contributed by atoms with van der Waals surface area (Å²) in [6, 6.07) is 10.4. The lowest BCUT2D eigenvalue weighted by atomic mass is 10.2. The second-order valence-corrected chi connectivity index (χ2v) is 6.83. The minimum Gasteiger partial charge on any atom is -0.489 e. The van der Waals surface area contributed by atoms with Crippen molar-refractivity contribution in [2.75, 3.05) is 0 Å². The molecule has 3 aromatic rings. The van der Waals surface area contributed by atoms with E-state index >= 15 is 0 Å². The molecule has 1 heterocycles. The van der Waals surface area contributed by atoms with E-state index in [1.807, 2.05) is 0 Å². The maximum Gasteiger partial charge on any atom is 0.293 e. The van der Waals surface area contributed by atoms with E-state index in [4.69, 9.17) is 51.8 Å². The van der Waals surface area contributed by atoms with Gasteiger partial charge in [-0.25, -0.2) is 0 Å². The quantitative estimate of drug-likeness (QED) is 0.353. The third kappa shape index (κ3) is 4.75. The number of hydrogen-bond acceptors (Lipinski definition) is 5. The summed E-state index contributed by atoms with van der Waals surface area (Å²) < 4.78 is 6.88. The molecule has 0 amide bonds. The van der Waals surface area contributed by atoms with Gasteiger partial charge in [-0.3, -0.25) is 9.89 Å². The van der Waals surface area contributed by atoms with Crippen molar-refractivity contribution in [3.05, 3.63) is 83.9 Å². The Kier molecular flexibility index (Phi) is 6.28. The fraction of sp³-hybridized carbons (Fsp3) is 0.0588. The maximum atomic E-state index is 11.7. The Balaban J connectivity index is 1.79. The molecule has 0 radical (unpaired) electrons. The predicted octanol–water partition coefficient (Wildman–Crippen LogP) is 4.72. The molecule has 0 bridgehead atoms. The molecule has 6 nitrogen and oxygen atoms in total. The molecule has 0 spiro atoms. The summed E-state index contributed by atoms with van der Waals surface area (Å²) in [7, 11) is 0. The molecule has 138 valence electrons. The number of halogens is 3. The first-order chi connectivity index (χ1) is 13.0. The Morgan fingerprint density at radius 1 is 1.22 bits per heavy atom. The summed E-state index contributed by atoms with van der Waals surface area (Å²) in [5, 5.41) is 11.4. The van der Waals surface area contributed by atoms with Crippen LogP contribution in [0.1, 0.15) is 11.1 Å². The van der Waals surface area contributed by atoms with Crippen LogP contribution in [0.2, 0.25) is 15.1 Å². The monoisotopic (exact) mass is 440 g/mol. The number of ether oxygens (including phenoxy) is 1. The van der Waals surface area contributed by atoms with Gasteiger partial charge < -0.3 is 4.74 Å². The Hall–Kier alpha value is -2.19. The molecule has 0 atom stereocenters. The molecule has 0 aliphatic rings. The Morgan fingerprint density at radius 2 is 2.00 bits per heavy atom. The average Bonchev–Trinajstić information content (AvgIpc) is 2.65. The van der Waals surface area contributed by atoms with E-state index in [2.05, 4.69) is 15.3 Å². The van der Waals surface area contributed by atoms with Crippen LogP contribution in [0.4, 0.5) is 0 Å². The van der Waals surface area contributed by atoms with Gasteiger partial charge in [0.1, 0.15) is 18.6 Å². The molecule has 0 saturated heterocycles. The Labute approximate surface area is 174 Å². The summed E-state index contributed by atoms with van der Waals surface area (Å²) in [5.74, 6) is 0.568. The average molecular weight is 442 g/mol. The smallest absolute Gasteiger partial charge is 0.293 e. The lowest BCUT2D eigenvalue weighted by Gasteiger charge is -2.11. The molecular weight excluding hydrogens is 431 g/mol. The molecule has 10 heteroatoms. The van der Waals surface area contributed by atoms with Crippen molar-refractivity contribution in [3.63, 3.8) is 0 Å². The van der Waals surface area contributed by atoms with Crippen LogP contribution >= 0.6 is 47.0 Å². The van der Waals surface area contributed by atoms with E-state index in [0.717, 1.165) is 10.9 Å². The number of benzene rings is 2. The largest absolute Gasteiger partial charge is 0.489 e. The minimum absolute atomic E-state index is 0.0939. The first kappa shape index (κ1) is 19.6. The second kappa shape index (κ2) is 8.67. The van der Waals surface area contributed by atoms with E-state index in [-0.39, 0.29) is 11.4 Å². The lowest BCUT2D eigenvalue weighted by Crippen LogP contribution is -2.18. The van der Waals surface area contributed by atoms with Gasteiger partial charge in [-0.15, -0.1) is 0 Å². The number of nitrogens with one attached hydrogen (secondary N) is 1. The normalized spacial score (nSPS) is 11.1. The molecule has 0 aliphatic heterocycles. The van der Waals surface area contributed by atoms with Gasteiger partial charge in [-0.2, -0.15) is 14.9 Å². The van der Waals surface area contributed by atoms with E-state index in [0.29, 0.717) is 31.9 Å². The molecule has 2 aromatic carbocycles. The fourth-order valence-corrected chi connectivity index (χ4v) is 2.97. The van der Waals surface area contributed by atoms with Gasteiger partial charge in [0.15, 0.2) is 0 Å². The van der Waals surface area contributed by atoms with E-state index in [9.17, 15) is 4.79 Å². The highest BCUT2D eigenvalue weighted by Gasteiger charge is 2.10. The Bertz CT molecular complexity index is 1100. The van der Waals surface area contributed by atoms with Crippen molar-refractivity contribution in [2.45, 2.75) is 6.61 Å². The highest BCUT2D eigenvalue weighted by molar-refractivity contribution is 7.71. The zero-order valence-electron chi connectivity index (χ0n) is 13.5. The van der Waals surface area contributed by atoms with Crippen molar-refractivity contribution in [2.24, 2.45) is 5.10 Å². The fourth-order valence-electron chi connectivity index (χ4n) is 2.12. The number of aromatic amines is 1. The lowest BCUT2D eigenvalue weighted by molar-refractivity contribution is 0.306. The van der Waals surface area contributed by atoms with Crippen molar-refractivity contribution < 1.29 is 4.74 Å². The summed E-state index contributed by atoms with van der Waals surface area (Å²) in [6.07, 6.45) is 2.57. The molecule has 1 N–H and O–H groups in total. The van der Waals surface area contributed by atoms with Crippen molar-refractivity contribution >= 4 is 53.2 Å². The number of aromatic nitrogens is 3. The van der Waals surface area contributed by atoms with Crippen LogP contribution in [-0.2, 0) is 6.61 Å². The summed E-state index contributed by atoms with van der Waals surface area (Å²) in [4.78, 5) is 11.7. The molecule has 0 aliphatic carbocycles. The van der Waals surface area contributed by atoms with Gasteiger partial charge in [-0.05, 0) is 42.0 Å². The predicted molar refractivity (Wildman–Crippen MR) is 109 cm³/mol. The van der Waals surface area contributed by atoms with Gasteiger partial charge in [0.2, 0.25) is 4.77 Å². The third-order valence-corrected chi connectivity index (χ3v) is 4.90. The highest BCUT2D eigenvalue weighted by Crippen LogP contribution is 2.32. The summed E-state index contributed by atoms with van der Waals surface area (Å²) >= 11 is 23.3. The number of hydrogen-bond donors (Lipinski definition) is 1. The van der Waals surface area contributed by atoms with Gasteiger partial charge in [0.05, 0.1) is 16.3 Å². The molecule has 3 rings (SSSR count). The molecular formula is C17H11Cl3N4O2S. The van der Waals surface area contributed by atoms with Crippen LogP contribution in [-0.4, -0.2) is 21.1 Å². The topological polar surface area (TPSA) is 72.3 Å². The second-order valence-electron chi connectivity index (χ2n) is 5.25. The summed E-state index contributed by atoms with van der Waals surface area (Å²) in [6.45, 7) is 0.147. The van der Waals surface area contributed by atoms with E-state index < -0.39 is 5.56 Å². The zero-order chi connectivity index (χ0) is 19.4. The minimum atomic E-state index is -0.437. The molecule has 0 unspecified atom stereocenters. The van der Waals surface area contributed by atoms with Gasteiger partial charge >= 0.3 is 0 Å². The highest BCUT2D eigenvalue weighted by atomic mass is 35.5. The van der Waals surface area contributed by atoms with Crippen LogP contribution < -0.4 is 10.3 Å². The number of H-pyrrole nitrogens is 1. The van der Waals surface area contributed by atoms with Gasteiger partial charge in [0, 0.05) is 10.6 Å². The third-order valence-electron chi connectivity index (χ3n) is 3.44. The number of nitrogens with zero attached hydrogens (tertiary/aromatic N) is 3.